The highest BCUT2D eigenvalue weighted by molar-refractivity contribution is 9.26. The predicted octanol–water partition coefficient (Wildman–Crippen LogP) is 15.7. The van der Waals surface area contributed by atoms with Crippen LogP contribution in [0.15, 0.2) is 237 Å². The lowest BCUT2D eigenvalue weighted by atomic mass is 9.92. The van der Waals surface area contributed by atoms with Crippen molar-refractivity contribution in [1.29, 1.82) is 0 Å². The Bertz CT molecular complexity index is 2290. The van der Waals surface area contributed by atoms with E-state index in [0.29, 0.717) is 0 Å². The fourth-order valence-electron chi connectivity index (χ4n) is 8.80. The van der Waals surface area contributed by atoms with Crippen LogP contribution in [0.3, 0.4) is 0 Å². The lowest BCUT2D eigenvalue weighted by Gasteiger charge is -2.32. The van der Waals surface area contributed by atoms with Crippen LogP contribution in [0, 0.1) is 0 Å². The van der Waals surface area contributed by atoms with Crippen molar-refractivity contribution in [2.45, 2.75) is 18.1 Å². The van der Waals surface area contributed by atoms with E-state index >= 15 is 0 Å². The number of benzene rings is 9. The first-order chi connectivity index (χ1) is 29.1. The summed E-state index contributed by atoms with van der Waals surface area (Å²) in [5.41, 5.74) is 19.4. The molecule has 0 radical (unpaired) electrons. The van der Waals surface area contributed by atoms with E-state index in [1.54, 1.807) is 0 Å². The minimum absolute atomic E-state index is 0.914. The minimum Gasteiger partial charge on any atom is -0.125 e. The number of hydrogen-bond acceptors (Lipinski definition) is 0. The van der Waals surface area contributed by atoms with Gasteiger partial charge in [0.05, 0.1) is 0 Å². The molecule has 59 heavy (non-hydrogen) atoms. The van der Waals surface area contributed by atoms with Crippen molar-refractivity contribution in [1.82, 2.24) is 0 Å². The lowest BCUT2D eigenvalue weighted by molar-refractivity contribution is 1.18. The Labute approximate surface area is 358 Å². The van der Waals surface area contributed by atoms with Crippen LogP contribution in [0.2, 0.25) is 0 Å². The van der Waals surface area contributed by atoms with Gasteiger partial charge in [0.1, 0.15) is 6.69 Å². The average molecular weight is 838 g/mol. The van der Waals surface area contributed by atoms with Gasteiger partial charge in [-0.25, -0.2) is 0 Å². The molecule has 0 amide bonds. The van der Waals surface area contributed by atoms with Crippen molar-refractivity contribution in [3.05, 3.63) is 253 Å². The molecule has 0 unspecified atom stereocenters. The van der Waals surface area contributed by atoms with Gasteiger partial charge in [0, 0.05) is 0 Å². The summed E-state index contributed by atoms with van der Waals surface area (Å²) < 4.78 is 0. The molecule has 0 heterocycles. The van der Waals surface area contributed by atoms with E-state index in [-0.39, 0.29) is 0 Å². The third kappa shape index (κ3) is 8.47. The summed E-state index contributed by atoms with van der Waals surface area (Å²) in [7, 11) is 0. The molecule has 0 nitrogen and oxygen atoms in total. The van der Waals surface area contributed by atoms with Gasteiger partial charge in [-0.05, 0) is 102 Å². The van der Waals surface area contributed by atoms with E-state index < -0.39 is 6.69 Å². The molecule has 0 aliphatic carbocycles. The van der Waals surface area contributed by atoms with Crippen molar-refractivity contribution in [3.8, 4) is 66.8 Å². The number of hydrogen-bond donors (Lipinski definition) is 0. The largest absolute Gasteiger partial charge is 0.143 e. The van der Waals surface area contributed by atoms with Crippen LogP contribution < -0.4 is 0 Å². The topological polar surface area (TPSA) is 0 Å². The predicted molar refractivity (Wildman–Crippen MR) is 258 cm³/mol. The van der Waals surface area contributed by atoms with E-state index in [1.807, 2.05) is 0 Å². The van der Waals surface area contributed by atoms with Crippen LogP contribution in [0.5, 0.6) is 0 Å². The molecule has 0 aliphatic rings. The summed E-state index contributed by atoms with van der Waals surface area (Å²) >= 11 is 4.88. The summed E-state index contributed by atoms with van der Waals surface area (Å²) in [5, 5.41) is 0. The molecule has 0 atom stereocenters. The van der Waals surface area contributed by atoms with Gasteiger partial charge in [-0.1, -0.05) is 237 Å². The van der Waals surface area contributed by atoms with Gasteiger partial charge in [0.15, 0.2) is 0 Å². The lowest BCUT2D eigenvalue weighted by Crippen LogP contribution is -2.38. The molecule has 284 valence electrons. The molecule has 9 aromatic carbocycles. The Morgan fingerprint density at radius 1 is 0.220 bits per heavy atom. The monoisotopic (exact) mass is 836 g/mol. The van der Waals surface area contributed by atoms with E-state index in [4.69, 9.17) is 15.3 Å². The third-order valence-corrected chi connectivity index (χ3v) is 17.0. The standard InChI is InChI=1S/C57H45BrSi/c58-59(40-55-49(43-22-7-1-8-23-43)34-19-35-50(55)44-24-9-2-10-25-44,41-56-51(45-26-11-3-12-27-45)36-20-37-52(56)46-28-13-4-14-29-46)42-57-53(47-30-15-5-16-31-47)38-21-39-54(57)48-32-17-6-18-33-48/h1-39H,40-42H2. The number of rotatable bonds is 12. The Morgan fingerprint density at radius 3 is 0.559 bits per heavy atom. The second-order valence-electron chi connectivity index (χ2n) is 15.4. The number of halogens is 1. The van der Waals surface area contributed by atoms with Crippen LogP contribution in [0.4, 0.5) is 0 Å². The molecule has 0 saturated carbocycles. The van der Waals surface area contributed by atoms with Gasteiger partial charge in [-0.2, -0.15) is 0 Å². The van der Waals surface area contributed by atoms with Crippen molar-refractivity contribution >= 4 is 22.0 Å². The maximum absolute atomic E-state index is 4.88. The summed E-state index contributed by atoms with van der Waals surface area (Å²) in [5.74, 6) is 0. The average Bonchev–Trinajstić information content (AvgIpc) is 3.31. The van der Waals surface area contributed by atoms with Crippen LogP contribution in [0.25, 0.3) is 66.8 Å². The third-order valence-electron chi connectivity index (χ3n) is 11.5. The second-order valence-corrected chi connectivity index (χ2v) is 23.8. The molecule has 0 aliphatic heterocycles. The van der Waals surface area contributed by atoms with Crippen molar-refractivity contribution in [3.63, 3.8) is 0 Å². The molecule has 0 saturated heterocycles. The van der Waals surface area contributed by atoms with Crippen molar-refractivity contribution in [2.75, 3.05) is 0 Å². The van der Waals surface area contributed by atoms with E-state index in [9.17, 15) is 0 Å². The molecule has 0 bridgehead atoms. The minimum atomic E-state index is -2.65. The molecule has 9 rings (SSSR count). The SMILES string of the molecule is Br[Si](Cc1c(-c2ccccc2)cccc1-c1ccccc1)(Cc1c(-c2ccccc2)cccc1-c1ccccc1)Cc1c(-c2ccccc2)cccc1-c1ccccc1. The first kappa shape index (κ1) is 38.2. The Kier molecular flexibility index (Phi) is 11.4. The zero-order chi connectivity index (χ0) is 39.9. The van der Waals surface area contributed by atoms with Crippen LogP contribution in [-0.4, -0.2) is 6.69 Å². The summed E-state index contributed by atoms with van der Waals surface area (Å²) in [6.07, 6.45) is 0. The molecule has 0 spiro atoms. The summed E-state index contributed by atoms with van der Waals surface area (Å²) in [4.78, 5) is 0. The van der Waals surface area contributed by atoms with Crippen molar-refractivity contribution in [2.24, 2.45) is 0 Å². The maximum atomic E-state index is 4.88. The van der Waals surface area contributed by atoms with Crippen LogP contribution in [0.1, 0.15) is 16.7 Å². The van der Waals surface area contributed by atoms with E-state index in [2.05, 4.69) is 237 Å². The fourth-order valence-corrected chi connectivity index (χ4v) is 14.7. The second kappa shape index (κ2) is 17.7. The summed E-state index contributed by atoms with van der Waals surface area (Å²) in [6, 6.07) is 89.3. The Balaban J connectivity index is 1.31. The zero-order valence-corrected chi connectivity index (χ0v) is 35.6. The first-order valence-electron chi connectivity index (χ1n) is 20.5. The summed E-state index contributed by atoms with van der Waals surface area (Å²) in [6.45, 7) is -2.65. The van der Waals surface area contributed by atoms with Crippen molar-refractivity contribution < 1.29 is 0 Å². The van der Waals surface area contributed by atoms with Gasteiger partial charge in [-0.3, -0.25) is 0 Å². The molecule has 0 N–H and O–H groups in total. The normalized spacial score (nSPS) is 11.3. The Morgan fingerprint density at radius 2 is 0.390 bits per heavy atom. The molecule has 0 aromatic heterocycles. The molecule has 9 aromatic rings. The highest BCUT2D eigenvalue weighted by Crippen LogP contribution is 2.44. The highest BCUT2D eigenvalue weighted by Gasteiger charge is 2.37. The molecule has 0 fully saturated rings. The molecular weight excluding hydrogens is 793 g/mol. The van der Waals surface area contributed by atoms with Crippen LogP contribution in [-0.2, 0) is 18.1 Å². The zero-order valence-electron chi connectivity index (χ0n) is 33.0. The van der Waals surface area contributed by atoms with E-state index in [0.717, 1.165) is 18.1 Å². The maximum Gasteiger partial charge on any atom is 0.143 e. The van der Waals surface area contributed by atoms with Crippen LogP contribution >= 0.6 is 15.3 Å². The smallest absolute Gasteiger partial charge is 0.125 e. The molecular formula is C57H45BrSi. The van der Waals surface area contributed by atoms with E-state index in [1.165, 1.54) is 83.5 Å². The van der Waals surface area contributed by atoms with Gasteiger partial charge in [-0.15, -0.1) is 15.3 Å². The van der Waals surface area contributed by atoms with Gasteiger partial charge in [0.2, 0.25) is 0 Å². The highest BCUT2D eigenvalue weighted by atomic mass is 79.9. The quantitative estimate of drug-likeness (QED) is 0.0849. The molecule has 2 heteroatoms. The van der Waals surface area contributed by atoms with Gasteiger partial charge in [0.25, 0.3) is 0 Å². The van der Waals surface area contributed by atoms with Gasteiger partial charge < -0.3 is 0 Å². The van der Waals surface area contributed by atoms with Gasteiger partial charge >= 0.3 is 0 Å². The Hall–Kier alpha value is -6.32. The fraction of sp³-hybridized carbons (Fsp3) is 0.0526. The first-order valence-corrected chi connectivity index (χ1v) is 25.4.